The first-order valence-electron chi connectivity index (χ1n) is 17.8. The van der Waals surface area contributed by atoms with E-state index in [1.807, 2.05) is 0 Å². The Bertz CT molecular complexity index is 2370. The van der Waals surface area contributed by atoms with E-state index in [0.29, 0.717) is 0 Å². The Balaban J connectivity index is 1.33. The van der Waals surface area contributed by atoms with Crippen LogP contribution in [0.25, 0.3) is 27.5 Å². The molecule has 0 saturated heterocycles. The summed E-state index contributed by atoms with van der Waals surface area (Å²) in [4.78, 5) is 11.9. The lowest BCUT2D eigenvalue weighted by molar-refractivity contribution is 0.496. The third kappa shape index (κ3) is 4.61. The van der Waals surface area contributed by atoms with Crippen LogP contribution in [0.2, 0.25) is 0 Å². The largest absolute Gasteiger partial charge is 0.361 e. The van der Waals surface area contributed by atoms with Gasteiger partial charge in [-0.05, 0) is 88.7 Å². The standard InChI is InChI=1S/C44H46N6/c1-43(2,3)29-16-18-36-35(24-29)34-12-11-15-40-42(34)50(36)39-19-17-31(47-21-20-45(7)27-47)26-41(39)49(40)33-23-30(44(4,5)6)22-32(25-33)48-28-46(8)37-13-9-10-14-38(37)48/h9-26H,27-28H2,1-8H3. The van der Waals surface area contributed by atoms with Crippen LogP contribution in [-0.4, -0.2) is 36.9 Å². The van der Waals surface area contributed by atoms with E-state index in [1.165, 1.54) is 78.4 Å². The van der Waals surface area contributed by atoms with Crippen molar-refractivity contribution >= 4 is 61.6 Å². The topological polar surface area (TPSA) is 21.1 Å². The molecule has 4 heterocycles. The van der Waals surface area contributed by atoms with Crippen LogP contribution in [-0.2, 0) is 10.8 Å². The first kappa shape index (κ1) is 30.7. The molecule has 252 valence electrons. The molecule has 0 atom stereocenters. The van der Waals surface area contributed by atoms with Gasteiger partial charge in [0.2, 0.25) is 0 Å². The summed E-state index contributed by atoms with van der Waals surface area (Å²) in [6.07, 6.45) is 4.33. The lowest BCUT2D eigenvalue weighted by Crippen LogP contribution is -2.25. The molecule has 6 aromatic rings. The summed E-state index contributed by atoms with van der Waals surface area (Å²) in [7, 11) is 4.31. The van der Waals surface area contributed by atoms with E-state index in [0.717, 1.165) is 13.3 Å². The predicted octanol–water partition coefficient (Wildman–Crippen LogP) is 10.9. The highest BCUT2D eigenvalue weighted by molar-refractivity contribution is 6.17. The molecule has 0 aliphatic carbocycles. The van der Waals surface area contributed by atoms with Crippen molar-refractivity contribution in [3.8, 4) is 5.69 Å². The van der Waals surface area contributed by atoms with Crippen LogP contribution in [0, 0.1) is 0 Å². The minimum Gasteiger partial charge on any atom is -0.361 e. The van der Waals surface area contributed by atoms with Crippen LogP contribution in [0.3, 0.4) is 0 Å². The highest BCUT2D eigenvalue weighted by Gasteiger charge is 2.32. The van der Waals surface area contributed by atoms with E-state index in [1.54, 1.807) is 0 Å². The minimum absolute atomic E-state index is 0.0500. The van der Waals surface area contributed by atoms with Gasteiger partial charge in [0, 0.05) is 54.3 Å². The molecule has 0 fully saturated rings. The van der Waals surface area contributed by atoms with Gasteiger partial charge in [-0.25, -0.2) is 0 Å². The van der Waals surface area contributed by atoms with Gasteiger partial charge >= 0.3 is 0 Å². The van der Waals surface area contributed by atoms with E-state index in [9.17, 15) is 0 Å². The Hall–Kier alpha value is -5.36. The second-order valence-corrected chi connectivity index (χ2v) is 16.4. The molecule has 6 heteroatoms. The molecular formula is C44H46N6. The third-order valence-electron chi connectivity index (χ3n) is 10.8. The van der Waals surface area contributed by atoms with E-state index in [4.69, 9.17) is 0 Å². The summed E-state index contributed by atoms with van der Waals surface area (Å²) in [5.41, 5.74) is 14.8. The van der Waals surface area contributed by atoms with Crippen LogP contribution in [0.15, 0.2) is 109 Å². The molecule has 9 rings (SSSR count). The number of fused-ring (bicyclic) bond motifs is 6. The number of hydrogen-bond acceptors (Lipinski definition) is 5. The van der Waals surface area contributed by atoms with Crippen molar-refractivity contribution in [3.05, 3.63) is 121 Å². The number of anilines is 7. The number of nitrogens with zero attached hydrogens (tertiary/aromatic N) is 6. The van der Waals surface area contributed by atoms with Crippen molar-refractivity contribution in [1.82, 2.24) is 9.47 Å². The summed E-state index contributed by atoms with van der Waals surface area (Å²) < 4.78 is 2.51. The maximum atomic E-state index is 2.53. The number of aromatic nitrogens is 1. The summed E-state index contributed by atoms with van der Waals surface area (Å²) in [6, 6.07) is 36.9. The SMILES string of the molecule is CN1C=CN(c2ccc3c(c2)N(c2cc(N4CN(C)c5ccccc54)cc(C(C)(C)C)c2)c2cccc4c5cc(C(C)(C)C)ccc5n-3c24)C1. The predicted molar refractivity (Wildman–Crippen MR) is 213 cm³/mol. The van der Waals surface area contributed by atoms with E-state index < -0.39 is 0 Å². The summed E-state index contributed by atoms with van der Waals surface area (Å²) in [5.74, 6) is 0. The van der Waals surface area contributed by atoms with E-state index in [2.05, 4.69) is 194 Å². The maximum Gasteiger partial charge on any atom is 0.0950 e. The van der Waals surface area contributed by atoms with Crippen molar-refractivity contribution in [2.75, 3.05) is 47.0 Å². The summed E-state index contributed by atoms with van der Waals surface area (Å²) >= 11 is 0. The number of para-hydroxylation sites is 3. The number of hydrogen-bond donors (Lipinski definition) is 0. The summed E-state index contributed by atoms with van der Waals surface area (Å²) in [6.45, 7) is 15.5. The Labute approximate surface area is 296 Å². The van der Waals surface area contributed by atoms with Gasteiger partial charge in [0.05, 0.1) is 52.8 Å². The van der Waals surface area contributed by atoms with Gasteiger partial charge in [-0.2, -0.15) is 0 Å². The molecule has 1 aromatic heterocycles. The van der Waals surface area contributed by atoms with Crippen molar-refractivity contribution in [3.63, 3.8) is 0 Å². The molecule has 0 radical (unpaired) electrons. The minimum atomic E-state index is -0.0500. The van der Waals surface area contributed by atoms with Crippen molar-refractivity contribution in [2.45, 2.75) is 52.4 Å². The molecule has 6 nitrogen and oxygen atoms in total. The first-order valence-corrected chi connectivity index (χ1v) is 17.8. The fourth-order valence-electron chi connectivity index (χ4n) is 8.02. The molecule has 50 heavy (non-hydrogen) atoms. The number of rotatable bonds is 3. The molecule has 3 aliphatic rings. The zero-order valence-electron chi connectivity index (χ0n) is 30.5. The molecule has 5 aromatic carbocycles. The van der Waals surface area contributed by atoms with Crippen LogP contribution in [0.1, 0.15) is 52.7 Å². The highest BCUT2D eigenvalue weighted by atomic mass is 15.4. The normalized spacial score (nSPS) is 15.6. The second-order valence-electron chi connectivity index (χ2n) is 16.4. The smallest absolute Gasteiger partial charge is 0.0950 e. The maximum absolute atomic E-state index is 2.53. The highest BCUT2D eigenvalue weighted by Crippen LogP contribution is 2.52. The monoisotopic (exact) mass is 658 g/mol. The van der Waals surface area contributed by atoms with E-state index in [-0.39, 0.29) is 10.8 Å². The molecule has 0 unspecified atom stereocenters. The van der Waals surface area contributed by atoms with Gasteiger partial charge in [-0.3, -0.25) is 0 Å². The summed E-state index contributed by atoms with van der Waals surface area (Å²) in [5, 5.41) is 2.59. The fraction of sp³-hybridized carbons (Fsp3) is 0.273. The number of benzene rings is 5. The Morgan fingerprint density at radius 1 is 0.520 bits per heavy atom. The average Bonchev–Trinajstić information content (AvgIpc) is 3.78. The van der Waals surface area contributed by atoms with Gasteiger partial charge in [0.1, 0.15) is 0 Å². The zero-order chi connectivity index (χ0) is 34.7. The Kier molecular flexibility index (Phi) is 6.49. The van der Waals surface area contributed by atoms with Crippen LogP contribution < -0.4 is 19.6 Å². The van der Waals surface area contributed by atoms with E-state index >= 15 is 0 Å². The van der Waals surface area contributed by atoms with Crippen LogP contribution >= 0.6 is 0 Å². The first-order chi connectivity index (χ1) is 23.9. The van der Waals surface area contributed by atoms with Crippen molar-refractivity contribution in [2.24, 2.45) is 0 Å². The molecule has 0 amide bonds. The second kappa shape index (κ2) is 10.6. The van der Waals surface area contributed by atoms with Crippen LogP contribution in [0.5, 0.6) is 0 Å². The lowest BCUT2D eigenvalue weighted by atomic mass is 9.86. The van der Waals surface area contributed by atoms with Gasteiger partial charge < -0.3 is 29.1 Å². The van der Waals surface area contributed by atoms with Crippen LogP contribution in [0.4, 0.5) is 39.8 Å². The van der Waals surface area contributed by atoms with Gasteiger partial charge in [-0.15, -0.1) is 0 Å². The molecule has 0 N–H and O–H groups in total. The molecule has 0 bridgehead atoms. The van der Waals surface area contributed by atoms with Crippen molar-refractivity contribution < 1.29 is 0 Å². The Morgan fingerprint density at radius 2 is 1.26 bits per heavy atom. The average molecular weight is 659 g/mol. The third-order valence-corrected chi connectivity index (χ3v) is 10.8. The van der Waals surface area contributed by atoms with Gasteiger partial charge in [-0.1, -0.05) is 71.9 Å². The van der Waals surface area contributed by atoms with Gasteiger partial charge in [0.15, 0.2) is 0 Å². The quantitative estimate of drug-likeness (QED) is 0.188. The molecule has 0 saturated carbocycles. The lowest BCUT2D eigenvalue weighted by Gasteiger charge is -2.36. The molecular weight excluding hydrogens is 613 g/mol. The molecule has 0 spiro atoms. The van der Waals surface area contributed by atoms with Crippen molar-refractivity contribution in [1.29, 1.82) is 0 Å². The zero-order valence-corrected chi connectivity index (χ0v) is 30.5. The van der Waals surface area contributed by atoms with Gasteiger partial charge in [0.25, 0.3) is 0 Å². The fourth-order valence-corrected chi connectivity index (χ4v) is 8.02. The Morgan fingerprint density at radius 3 is 2.00 bits per heavy atom. The molecule has 3 aliphatic heterocycles.